The number of nitrogens with one attached hydrogen (secondary N) is 1. The summed E-state index contributed by atoms with van der Waals surface area (Å²) in [4.78, 5) is 0. The summed E-state index contributed by atoms with van der Waals surface area (Å²) in [6, 6.07) is 13.3. The van der Waals surface area contributed by atoms with Gasteiger partial charge >= 0.3 is 0 Å². The fraction of sp³-hybridized carbons (Fsp3) is 0.438. The molecule has 3 heteroatoms. The Morgan fingerprint density at radius 2 is 1.95 bits per heavy atom. The smallest absolute Gasteiger partial charge is 0.0596 e. The van der Waals surface area contributed by atoms with Gasteiger partial charge in [-0.1, -0.05) is 37.3 Å². The third kappa shape index (κ3) is 3.93. The van der Waals surface area contributed by atoms with Crippen LogP contribution in [0.3, 0.4) is 0 Å². The Morgan fingerprint density at radius 3 is 2.53 bits per heavy atom. The van der Waals surface area contributed by atoms with Gasteiger partial charge in [-0.2, -0.15) is 5.10 Å². The van der Waals surface area contributed by atoms with Crippen LogP contribution in [-0.2, 0) is 19.9 Å². The quantitative estimate of drug-likeness (QED) is 0.861. The minimum absolute atomic E-state index is 0.460. The monoisotopic (exact) mass is 257 g/mol. The molecule has 102 valence electrons. The Morgan fingerprint density at radius 1 is 1.21 bits per heavy atom. The summed E-state index contributed by atoms with van der Waals surface area (Å²) in [5.41, 5.74) is 3.76. The standard InChI is InChI=1S/C16H23N3/c1-4-17-15(11-14-8-6-5-7-9-14)12-16-10-13(2)18-19(16)3/h5-10,15,17H,4,11-12H2,1-3H3. The van der Waals surface area contributed by atoms with Gasteiger partial charge in [0.05, 0.1) is 5.69 Å². The fourth-order valence-electron chi connectivity index (χ4n) is 2.51. The third-order valence-electron chi connectivity index (χ3n) is 3.37. The molecule has 3 nitrogen and oxygen atoms in total. The first-order chi connectivity index (χ1) is 9.19. The van der Waals surface area contributed by atoms with Crippen molar-refractivity contribution in [2.75, 3.05) is 6.54 Å². The van der Waals surface area contributed by atoms with Crippen molar-refractivity contribution in [3.05, 3.63) is 53.3 Å². The van der Waals surface area contributed by atoms with Gasteiger partial charge in [0, 0.05) is 25.2 Å². The van der Waals surface area contributed by atoms with Gasteiger partial charge in [0.1, 0.15) is 0 Å². The van der Waals surface area contributed by atoms with Crippen LogP contribution in [0.4, 0.5) is 0 Å². The predicted molar refractivity (Wildman–Crippen MR) is 79.3 cm³/mol. The molecule has 0 aliphatic carbocycles. The largest absolute Gasteiger partial charge is 0.314 e. The molecule has 0 bridgehead atoms. The predicted octanol–water partition coefficient (Wildman–Crippen LogP) is 2.49. The zero-order valence-electron chi connectivity index (χ0n) is 12.1. The molecule has 19 heavy (non-hydrogen) atoms. The van der Waals surface area contributed by atoms with Gasteiger partial charge in [0.15, 0.2) is 0 Å². The van der Waals surface area contributed by atoms with E-state index in [2.05, 4.69) is 53.7 Å². The van der Waals surface area contributed by atoms with E-state index in [4.69, 9.17) is 0 Å². The van der Waals surface area contributed by atoms with Crippen molar-refractivity contribution >= 4 is 0 Å². The number of rotatable bonds is 6. The number of aromatic nitrogens is 2. The van der Waals surface area contributed by atoms with Crippen molar-refractivity contribution in [2.24, 2.45) is 7.05 Å². The second-order valence-electron chi connectivity index (χ2n) is 5.05. The van der Waals surface area contributed by atoms with Gasteiger partial charge in [0.2, 0.25) is 0 Å². The van der Waals surface area contributed by atoms with E-state index in [1.807, 2.05) is 18.7 Å². The molecule has 0 spiro atoms. The van der Waals surface area contributed by atoms with Gasteiger partial charge in [-0.3, -0.25) is 4.68 Å². The number of hydrogen-bond acceptors (Lipinski definition) is 2. The summed E-state index contributed by atoms with van der Waals surface area (Å²) in [6.07, 6.45) is 2.07. The Kier molecular flexibility index (Phi) is 4.74. The van der Waals surface area contributed by atoms with E-state index in [0.717, 1.165) is 25.1 Å². The lowest BCUT2D eigenvalue weighted by Crippen LogP contribution is -2.33. The van der Waals surface area contributed by atoms with E-state index in [0.29, 0.717) is 6.04 Å². The highest BCUT2D eigenvalue weighted by Gasteiger charge is 2.12. The Hall–Kier alpha value is -1.61. The maximum Gasteiger partial charge on any atom is 0.0596 e. The minimum Gasteiger partial charge on any atom is -0.314 e. The molecule has 1 N–H and O–H groups in total. The second kappa shape index (κ2) is 6.53. The summed E-state index contributed by atoms with van der Waals surface area (Å²) in [6.45, 7) is 5.20. The molecule has 2 rings (SSSR count). The van der Waals surface area contributed by atoms with E-state index >= 15 is 0 Å². The average molecular weight is 257 g/mol. The van der Waals surface area contributed by atoms with Crippen LogP contribution < -0.4 is 5.32 Å². The lowest BCUT2D eigenvalue weighted by Gasteiger charge is -2.18. The van der Waals surface area contributed by atoms with Gasteiger partial charge in [0.25, 0.3) is 0 Å². The Labute approximate surface area is 115 Å². The van der Waals surface area contributed by atoms with Crippen molar-refractivity contribution in [3.8, 4) is 0 Å². The molecule has 2 aromatic rings. The first-order valence-electron chi connectivity index (χ1n) is 6.96. The molecule has 0 radical (unpaired) electrons. The van der Waals surface area contributed by atoms with Gasteiger partial charge in [-0.05, 0) is 31.5 Å². The van der Waals surface area contributed by atoms with Crippen molar-refractivity contribution in [3.63, 3.8) is 0 Å². The number of hydrogen-bond donors (Lipinski definition) is 1. The average Bonchev–Trinajstić information content (AvgIpc) is 2.69. The zero-order valence-corrected chi connectivity index (χ0v) is 12.1. The maximum atomic E-state index is 4.42. The highest BCUT2D eigenvalue weighted by atomic mass is 15.3. The van der Waals surface area contributed by atoms with Crippen molar-refractivity contribution < 1.29 is 0 Å². The van der Waals surface area contributed by atoms with E-state index in [1.54, 1.807) is 0 Å². The van der Waals surface area contributed by atoms with Crippen LogP contribution in [0, 0.1) is 6.92 Å². The highest BCUT2D eigenvalue weighted by molar-refractivity contribution is 5.17. The molecule has 0 saturated carbocycles. The summed E-state index contributed by atoms with van der Waals surface area (Å²) < 4.78 is 1.99. The number of aryl methyl sites for hydroxylation is 2. The molecule has 0 fully saturated rings. The van der Waals surface area contributed by atoms with Crippen LogP contribution in [0.25, 0.3) is 0 Å². The molecule has 1 atom stereocenters. The summed E-state index contributed by atoms with van der Waals surface area (Å²) >= 11 is 0. The topological polar surface area (TPSA) is 29.9 Å². The summed E-state index contributed by atoms with van der Waals surface area (Å²) in [5.74, 6) is 0. The van der Waals surface area contributed by atoms with Crippen LogP contribution in [0.5, 0.6) is 0 Å². The van der Waals surface area contributed by atoms with E-state index < -0.39 is 0 Å². The highest BCUT2D eigenvalue weighted by Crippen LogP contribution is 2.10. The molecular formula is C16H23N3. The van der Waals surface area contributed by atoms with Crippen molar-refractivity contribution in [2.45, 2.75) is 32.7 Å². The van der Waals surface area contributed by atoms with Gasteiger partial charge in [-0.25, -0.2) is 0 Å². The Bertz CT molecular complexity index is 502. The SMILES string of the molecule is CCNC(Cc1ccccc1)Cc1cc(C)nn1C. The van der Waals surface area contributed by atoms with Gasteiger partial charge in [-0.15, -0.1) is 0 Å². The zero-order chi connectivity index (χ0) is 13.7. The molecule has 0 aliphatic rings. The first kappa shape index (κ1) is 13.8. The lowest BCUT2D eigenvalue weighted by atomic mass is 10.0. The van der Waals surface area contributed by atoms with Crippen LogP contribution in [0.2, 0.25) is 0 Å². The number of nitrogens with zero attached hydrogens (tertiary/aromatic N) is 2. The number of likely N-dealkylation sites (N-methyl/N-ethyl adjacent to an activating group) is 1. The Balaban J connectivity index is 2.06. The van der Waals surface area contributed by atoms with E-state index in [-0.39, 0.29) is 0 Å². The van der Waals surface area contributed by atoms with Crippen molar-refractivity contribution in [1.29, 1.82) is 0 Å². The van der Waals surface area contributed by atoms with Crippen LogP contribution >= 0.6 is 0 Å². The molecule has 1 heterocycles. The fourth-order valence-corrected chi connectivity index (χ4v) is 2.51. The molecule has 1 unspecified atom stereocenters. The summed E-state index contributed by atoms with van der Waals surface area (Å²) in [7, 11) is 2.02. The first-order valence-corrected chi connectivity index (χ1v) is 6.96. The van der Waals surface area contributed by atoms with Crippen LogP contribution in [0.1, 0.15) is 23.9 Å². The summed E-state index contributed by atoms with van der Waals surface area (Å²) in [5, 5.41) is 8.00. The minimum atomic E-state index is 0.460. The van der Waals surface area contributed by atoms with Gasteiger partial charge < -0.3 is 5.32 Å². The third-order valence-corrected chi connectivity index (χ3v) is 3.37. The van der Waals surface area contributed by atoms with E-state index in [1.165, 1.54) is 11.3 Å². The molecule has 1 aromatic heterocycles. The van der Waals surface area contributed by atoms with Crippen LogP contribution in [0.15, 0.2) is 36.4 Å². The molecule has 0 amide bonds. The van der Waals surface area contributed by atoms with Crippen LogP contribution in [-0.4, -0.2) is 22.4 Å². The van der Waals surface area contributed by atoms with E-state index in [9.17, 15) is 0 Å². The normalized spacial score (nSPS) is 12.6. The molecule has 0 saturated heterocycles. The molecular weight excluding hydrogens is 234 g/mol. The lowest BCUT2D eigenvalue weighted by molar-refractivity contribution is 0.504. The second-order valence-corrected chi connectivity index (χ2v) is 5.05. The molecule has 0 aliphatic heterocycles. The maximum absolute atomic E-state index is 4.42. The van der Waals surface area contributed by atoms with Crippen molar-refractivity contribution in [1.82, 2.24) is 15.1 Å². The number of benzene rings is 1. The molecule has 1 aromatic carbocycles.